The molecule has 3 heteroatoms. The van der Waals surface area contributed by atoms with Gasteiger partial charge in [0.25, 0.3) is 0 Å². The number of hydrogen-bond acceptors (Lipinski definition) is 2. The molecule has 2 aromatic rings. The van der Waals surface area contributed by atoms with Gasteiger partial charge in [-0.25, -0.2) is 0 Å². The van der Waals surface area contributed by atoms with Crippen LogP contribution in [0.25, 0.3) is 0 Å². The smallest absolute Gasteiger partial charge is 0.132 e. The summed E-state index contributed by atoms with van der Waals surface area (Å²) in [6.45, 7) is 4.70. The molecule has 0 aliphatic carbocycles. The standard InChI is InChI=1S/C16H18ClNO/c1-11-6-7-13(10-12(11)2)19-16-5-3-4-15(17)14(16)8-9-18/h3-7,10H,8-9,18H2,1-2H3. The normalized spacial score (nSPS) is 10.5. The molecular formula is C16H18ClNO. The summed E-state index contributed by atoms with van der Waals surface area (Å²) in [4.78, 5) is 0. The summed E-state index contributed by atoms with van der Waals surface area (Å²) >= 11 is 6.20. The fourth-order valence-corrected chi connectivity index (χ4v) is 2.19. The van der Waals surface area contributed by atoms with Crippen LogP contribution in [0.5, 0.6) is 11.5 Å². The molecule has 19 heavy (non-hydrogen) atoms. The molecule has 0 heterocycles. The first-order valence-electron chi connectivity index (χ1n) is 6.34. The molecule has 0 atom stereocenters. The van der Waals surface area contributed by atoms with Gasteiger partial charge in [0.15, 0.2) is 0 Å². The molecule has 2 nitrogen and oxygen atoms in total. The second kappa shape index (κ2) is 6.09. The van der Waals surface area contributed by atoms with Crippen LogP contribution in [0.1, 0.15) is 16.7 Å². The quantitative estimate of drug-likeness (QED) is 0.905. The van der Waals surface area contributed by atoms with E-state index in [2.05, 4.69) is 19.9 Å². The van der Waals surface area contributed by atoms with Crippen molar-refractivity contribution in [3.05, 3.63) is 58.1 Å². The Bertz CT molecular complexity index is 581. The fourth-order valence-electron chi connectivity index (χ4n) is 1.93. The van der Waals surface area contributed by atoms with Crippen LogP contribution in [-0.2, 0) is 6.42 Å². The zero-order valence-electron chi connectivity index (χ0n) is 11.2. The average Bonchev–Trinajstić information content (AvgIpc) is 2.38. The molecule has 0 fully saturated rings. The summed E-state index contributed by atoms with van der Waals surface area (Å²) in [5, 5.41) is 0.701. The van der Waals surface area contributed by atoms with Crippen LogP contribution >= 0.6 is 11.6 Å². The van der Waals surface area contributed by atoms with Gasteiger partial charge in [-0.15, -0.1) is 0 Å². The Morgan fingerprint density at radius 1 is 1.11 bits per heavy atom. The van der Waals surface area contributed by atoms with E-state index in [1.54, 1.807) is 0 Å². The maximum Gasteiger partial charge on any atom is 0.132 e. The van der Waals surface area contributed by atoms with Crippen LogP contribution in [0.15, 0.2) is 36.4 Å². The van der Waals surface area contributed by atoms with Crippen molar-refractivity contribution in [2.45, 2.75) is 20.3 Å². The number of benzene rings is 2. The largest absolute Gasteiger partial charge is 0.457 e. The number of rotatable bonds is 4. The molecule has 0 saturated carbocycles. The van der Waals surface area contributed by atoms with Crippen molar-refractivity contribution in [2.24, 2.45) is 5.73 Å². The van der Waals surface area contributed by atoms with E-state index in [1.165, 1.54) is 11.1 Å². The number of aryl methyl sites for hydroxylation is 2. The Balaban J connectivity index is 2.32. The third kappa shape index (κ3) is 3.28. The Morgan fingerprint density at radius 3 is 2.58 bits per heavy atom. The summed E-state index contributed by atoms with van der Waals surface area (Å²) in [6, 6.07) is 11.7. The molecular weight excluding hydrogens is 258 g/mol. The van der Waals surface area contributed by atoms with Crippen LogP contribution in [-0.4, -0.2) is 6.54 Å². The van der Waals surface area contributed by atoms with Gasteiger partial charge in [-0.2, -0.15) is 0 Å². The molecule has 0 bridgehead atoms. The molecule has 0 amide bonds. The molecule has 0 aliphatic heterocycles. The average molecular weight is 276 g/mol. The van der Waals surface area contributed by atoms with Gasteiger partial charge in [-0.05, 0) is 62.2 Å². The summed E-state index contributed by atoms with van der Waals surface area (Å²) in [6.07, 6.45) is 0.708. The van der Waals surface area contributed by atoms with Crippen molar-refractivity contribution in [3.63, 3.8) is 0 Å². The number of halogens is 1. The lowest BCUT2D eigenvalue weighted by Crippen LogP contribution is -2.04. The van der Waals surface area contributed by atoms with Crippen molar-refractivity contribution in [1.82, 2.24) is 0 Å². The van der Waals surface area contributed by atoms with Crippen molar-refractivity contribution in [3.8, 4) is 11.5 Å². The highest BCUT2D eigenvalue weighted by Gasteiger charge is 2.08. The maximum absolute atomic E-state index is 6.20. The Labute approximate surface area is 119 Å². The SMILES string of the molecule is Cc1ccc(Oc2cccc(Cl)c2CCN)cc1C. The third-order valence-electron chi connectivity index (χ3n) is 3.18. The summed E-state index contributed by atoms with van der Waals surface area (Å²) < 4.78 is 5.94. The molecule has 0 aromatic heterocycles. The van der Waals surface area contributed by atoms with Crippen LogP contribution in [0.4, 0.5) is 0 Å². The first-order chi connectivity index (χ1) is 9.11. The van der Waals surface area contributed by atoms with Gasteiger partial charge in [0.1, 0.15) is 11.5 Å². The summed E-state index contributed by atoms with van der Waals surface area (Å²) in [5.41, 5.74) is 9.04. The molecule has 0 radical (unpaired) electrons. The van der Waals surface area contributed by atoms with Crippen LogP contribution in [0.3, 0.4) is 0 Å². The highest BCUT2D eigenvalue weighted by atomic mass is 35.5. The van der Waals surface area contributed by atoms with E-state index >= 15 is 0 Å². The summed E-state index contributed by atoms with van der Waals surface area (Å²) in [7, 11) is 0. The predicted molar refractivity (Wildman–Crippen MR) is 80.2 cm³/mol. The van der Waals surface area contributed by atoms with E-state index in [0.29, 0.717) is 18.0 Å². The van der Waals surface area contributed by atoms with E-state index in [0.717, 1.165) is 17.1 Å². The first kappa shape index (κ1) is 13.9. The molecule has 0 aliphatic rings. The minimum Gasteiger partial charge on any atom is -0.457 e. The van der Waals surface area contributed by atoms with Crippen molar-refractivity contribution in [1.29, 1.82) is 0 Å². The summed E-state index contributed by atoms with van der Waals surface area (Å²) in [5.74, 6) is 1.60. The first-order valence-corrected chi connectivity index (χ1v) is 6.72. The minimum atomic E-state index is 0.549. The monoisotopic (exact) mass is 275 g/mol. The van der Waals surface area contributed by atoms with Gasteiger partial charge in [0.05, 0.1) is 0 Å². The van der Waals surface area contributed by atoms with Gasteiger partial charge in [-0.3, -0.25) is 0 Å². The van der Waals surface area contributed by atoms with Gasteiger partial charge in [-0.1, -0.05) is 23.7 Å². The molecule has 2 N–H and O–H groups in total. The highest BCUT2D eigenvalue weighted by Crippen LogP contribution is 2.31. The van der Waals surface area contributed by atoms with Crippen LogP contribution < -0.4 is 10.5 Å². The molecule has 100 valence electrons. The highest BCUT2D eigenvalue weighted by molar-refractivity contribution is 6.31. The van der Waals surface area contributed by atoms with E-state index in [-0.39, 0.29) is 0 Å². The number of ether oxygens (including phenoxy) is 1. The number of hydrogen-bond donors (Lipinski definition) is 1. The lowest BCUT2D eigenvalue weighted by atomic mass is 10.1. The Kier molecular flexibility index (Phi) is 4.46. The van der Waals surface area contributed by atoms with Gasteiger partial charge in [0.2, 0.25) is 0 Å². The fraction of sp³-hybridized carbons (Fsp3) is 0.250. The van der Waals surface area contributed by atoms with Gasteiger partial charge >= 0.3 is 0 Å². The molecule has 2 aromatic carbocycles. The minimum absolute atomic E-state index is 0.549. The maximum atomic E-state index is 6.20. The van der Waals surface area contributed by atoms with Crippen molar-refractivity contribution < 1.29 is 4.74 Å². The van der Waals surface area contributed by atoms with E-state index in [4.69, 9.17) is 22.1 Å². The second-order valence-electron chi connectivity index (χ2n) is 4.60. The van der Waals surface area contributed by atoms with E-state index < -0.39 is 0 Å². The topological polar surface area (TPSA) is 35.2 Å². The molecule has 0 spiro atoms. The lowest BCUT2D eigenvalue weighted by molar-refractivity contribution is 0.476. The Hall–Kier alpha value is -1.51. The van der Waals surface area contributed by atoms with E-state index in [9.17, 15) is 0 Å². The van der Waals surface area contributed by atoms with Gasteiger partial charge in [0, 0.05) is 10.6 Å². The molecule has 0 saturated heterocycles. The number of nitrogens with two attached hydrogens (primary N) is 1. The zero-order valence-corrected chi connectivity index (χ0v) is 12.0. The second-order valence-corrected chi connectivity index (χ2v) is 5.01. The predicted octanol–water partition coefficient (Wildman–Crippen LogP) is 4.25. The third-order valence-corrected chi connectivity index (χ3v) is 3.53. The lowest BCUT2D eigenvalue weighted by Gasteiger charge is -2.13. The molecule has 0 unspecified atom stereocenters. The Morgan fingerprint density at radius 2 is 1.89 bits per heavy atom. The molecule has 2 rings (SSSR count). The van der Waals surface area contributed by atoms with Gasteiger partial charge < -0.3 is 10.5 Å². The van der Waals surface area contributed by atoms with Crippen LogP contribution in [0.2, 0.25) is 5.02 Å². The van der Waals surface area contributed by atoms with Crippen LogP contribution in [0, 0.1) is 13.8 Å². The zero-order chi connectivity index (χ0) is 13.8. The van der Waals surface area contributed by atoms with Crippen molar-refractivity contribution >= 4 is 11.6 Å². The van der Waals surface area contributed by atoms with Crippen molar-refractivity contribution in [2.75, 3.05) is 6.54 Å². The van der Waals surface area contributed by atoms with E-state index in [1.807, 2.05) is 30.3 Å².